The van der Waals surface area contributed by atoms with Gasteiger partial charge in [0.1, 0.15) is 0 Å². The van der Waals surface area contributed by atoms with Crippen LogP contribution in [0.4, 0.5) is 0 Å². The highest BCUT2D eigenvalue weighted by Crippen LogP contribution is 2.34. The molecule has 37 heavy (non-hydrogen) atoms. The SMILES string of the molecule is C=C(CC(=O)OC(C)(OC1=CCCC1)OC1CCCC1)C(=O)OC(C)(OC1=CCCC1)OC1CCCC1. The lowest BCUT2D eigenvalue weighted by Gasteiger charge is -2.33. The van der Waals surface area contributed by atoms with E-state index >= 15 is 0 Å². The average Bonchev–Trinajstić information content (AvgIpc) is 3.63. The van der Waals surface area contributed by atoms with Gasteiger partial charge in [-0.1, -0.05) is 32.3 Å². The quantitative estimate of drug-likeness (QED) is 0.156. The summed E-state index contributed by atoms with van der Waals surface area (Å²) in [7, 11) is 0. The summed E-state index contributed by atoms with van der Waals surface area (Å²) in [5.74, 6) is -3.10. The van der Waals surface area contributed by atoms with Gasteiger partial charge in [-0.2, -0.15) is 0 Å². The molecule has 4 aliphatic carbocycles. The molecule has 2 atom stereocenters. The van der Waals surface area contributed by atoms with Crippen molar-refractivity contribution in [1.29, 1.82) is 0 Å². The minimum Gasteiger partial charge on any atom is -0.435 e. The second-order valence-electron chi connectivity index (χ2n) is 10.7. The summed E-state index contributed by atoms with van der Waals surface area (Å²) in [6.45, 7) is 7.00. The smallest absolute Gasteiger partial charge is 0.370 e. The molecule has 0 spiro atoms. The van der Waals surface area contributed by atoms with E-state index in [0.29, 0.717) is 0 Å². The molecule has 0 aromatic carbocycles. The van der Waals surface area contributed by atoms with Crippen molar-refractivity contribution in [3.8, 4) is 0 Å². The van der Waals surface area contributed by atoms with E-state index < -0.39 is 23.9 Å². The summed E-state index contributed by atoms with van der Waals surface area (Å²) in [6, 6.07) is 0. The Kier molecular flexibility index (Phi) is 9.35. The van der Waals surface area contributed by atoms with Crippen LogP contribution in [-0.2, 0) is 38.0 Å². The normalized spacial score (nSPS) is 23.6. The Balaban J connectivity index is 1.35. The Morgan fingerprint density at radius 3 is 1.68 bits per heavy atom. The molecule has 8 heteroatoms. The molecular formula is C29H42O8. The number of carbonyl (C=O) groups is 2. The van der Waals surface area contributed by atoms with Crippen LogP contribution in [0.5, 0.6) is 0 Å². The number of rotatable bonds is 13. The van der Waals surface area contributed by atoms with Crippen LogP contribution < -0.4 is 0 Å². The van der Waals surface area contributed by atoms with E-state index in [1.165, 1.54) is 0 Å². The Morgan fingerprint density at radius 2 is 1.24 bits per heavy atom. The Hall–Kier alpha value is -2.32. The first-order chi connectivity index (χ1) is 17.7. The van der Waals surface area contributed by atoms with Crippen LogP contribution in [0.3, 0.4) is 0 Å². The molecule has 2 fully saturated rings. The molecule has 0 aromatic heterocycles. The van der Waals surface area contributed by atoms with Crippen LogP contribution in [0.1, 0.15) is 110 Å². The highest BCUT2D eigenvalue weighted by molar-refractivity contribution is 5.93. The van der Waals surface area contributed by atoms with Gasteiger partial charge in [-0.25, -0.2) is 4.79 Å². The van der Waals surface area contributed by atoms with Gasteiger partial charge in [0.25, 0.3) is 0 Å². The summed E-state index contributed by atoms with van der Waals surface area (Å²) < 4.78 is 35.6. The van der Waals surface area contributed by atoms with E-state index in [2.05, 4.69) is 6.58 Å². The van der Waals surface area contributed by atoms with E-state index in [0.717, 1.165) is 101 Å². The van der Waals surface area contributed by atoms with Crippen LogP contribution in [0.25, 0.3) is 0 Å². The van der Waals surface area contributed by atoms with Crippen LogP contribution >= 0.6 is 0 Å². The van der Waals surface area contributed by atoms with Crippen molar-refractivity contribution in [2.24, 2.45) is 0 Å². The molecule has 0 bridgehead atoms. The minimum atomic E-state index is -1.59. The maximum absolute atomic E-state index is 13.0. The monoisotopic (exact) mass is 518 g/mol. The molecule has 206 valence electrons. The average molecular weight is 519 g/mol. The molecule has 0 heterocycles. The van der Waals surface area contributed by atoms with Crippen molar-refractivity contribution in [3.05, 3.63) is 35.8 Å². The number of esters is 2. The van der Waals surface area contributed by atoms with Gasteiger partial charge in [0.15, 0.2) is 0 Å². The maximum atomic E-state index is 13.0. The molecule has 0 aromatic rings. The van der Waals surface area contributed by atoms with Gasteiger partial charge in [-0.3, -0.25) is 4.79 Å². The Morgan fingerprint density at radius 1 is 0.784 bits per heavy atom. The third kappa shape index (κ3) is 8.34. The van der Waals surface area contributed by atoms with Gasteiger partial charge >= 0.3 is 23.9 Å². The standard InChI is InChI=1S/C29H42O8/c1-21(27(31)37-29(3,34-24-16-8-9-17-24)35-25-18-10-11-19-25)20-26(30)36-28(2,32-22-12-4-5-13-22)33-23-14-6-7-15-23/h12,16,23,25H,1,4-11,13-15,17-20H2,2-3H3. The molecule has 2 saturated carbocycles. The zero-order valence-corrected chi connectivity index (χ0v) is 22.4. The van der Waals surface area contributed by atoms with Crippen molar-refractivity contribution >= 4 is 11.9 Å². The third-order valence-electron chi connectivity index (χ3n) is 7.22. The first kappa shape index (κ1) is 27.7. The molecule has 0 radical (unpaired) electrons. The van der Waals surface area contributed by atoms with Crippen molar-refractivity contribution in [1.82, 2.24) is 0 Å². The molecule has 4 aliphatic rings. The van der Waals surface area contributed by atoms with Gasteiger partial charge in [0.05, 0.1) is 30.1 Å². The third-order valence-corrected chi connectivity index (χ3v) is 7.22. The predicted molar refractivity (Wildman–Crippen MR) is 135 cm³/mol. The highest BCUT2D eigenvalue weighted by atomic mass is 16.9. The van der Waals surface area contributed by atoms with Crippen LogP contribution in [0.15, 0.2) is 35.8 Å². The van der Waals surface area contributed by atoms with E-state index in [1.807, 2.05) is 12.2 Å². The number of allylic oxidation sites excluding steroid dienone is 4. The lowest BCUT2D eigenvalue weighted by molar-refractivity contribution is -0.354. The van der Waals surface area contributed by atoms with Gasteiger partial charge < -0.3 is 28.4 Å². The fourth-order valence-corrected chi connectivity index (χ4v) is 5.43. The highest BCUT2D eigenvalue weighted by Gasteiger charge is 2.40. The number of carbonyl (C=O) groups excluding carboxylic acids is 2. The Bertz CT molecular complexity index is 896. The number of ether oxygens (including phenoxy) is 6. The van der Waals surface area contributed by atoms with E-state index in [4.69, 9.17) is 28.4 Å². The van der Waals surface area contributed by atoms with Crippen molar-refractivity contribution < 1.29 is 38.0 Å². The summed E-state index contributed by atoms with van der Waals surface area (Å²) in [6.07, 6.45) is 16.7. The van der Waals surface area contributed by atoms with Crippen LogP contribution in [0.2, 0.25) is 0 Å². The summed E-state index contributed by atoms with van der Waals surface area (Å²) in [5.41, 5.74) is -0.0569. The van der Waals surface area contributed by atoms with Gasteiger partial charge in [-0.05, 0) is 63.5 Å². The largest absolute Gasteiger partial charge is 0.435 e. The molecule has 4 rings (SSSR count). The lowest BCUT2D eigenvalue weighted by Crippen LogP contribution is -2.42. The van der Waals surface area contributed by atoms with E-state index in [1.54, 1.807) is 13.8 Å². The molecule has 0 aliphatic heterocycles. The predicted octanol–water partition coefficient (Wildman–Crippen LogP) is 6.45. The second kappa shape index (κ2) is 12.5. The molecule has 0 saturated heterocycles. The molecule has 2 unspecified atom stereocenters. The van der Waals surface area contributed by atoms with Gasteiger partial charge in [0, 0.05) is 32.3 Å². The summed E-state index contributed by atoms with van der Waals surface area (Å²) in [5, 5.41) is 0. The van der Waals surface area contributed by atoms with Crippen molar-refractivity contribution in [2.75, 3.05) is 0 Å². The first-order valence-electron chi connectivity index (χ1n) is 14.0. The van der Waals surface area contributed by atoms with Gasteiger partial charge in [-0.15, -0.1) is 0 Å². The van der Waals surface area contributed by atoms with Crippen molar-refractivity contribution in [2.45, 2.75) is 134 Å². The fourth-order valence-electron chi connectivity index (χ4n) is 5.43. The molecular weight excluding hydrogens is 476 g/mol. The minimum absolute atomic E-state index is 0.0385. The summed E-state index contributed by atoms with van der Waals surface area (Å²) in [4.78, 5) is 25.9. The topological polar surface area (TPSA) is 89.5 Å². The molecule has 0 amide bonds. The molecule has 0 N–H and O–H groups in total. The van der Waals surface area contributed by atoms with E-state index in [9.17, 15) is 9.59 Å². The van der Waals surface area contributed by atoms with Crippen molar-refractivity contribution in [3.63, 3.8) is 0 Å². The zero-order valence-electron chi connectivity index (χ0n) is 22.4. The van der Waals surface area contributed by atoms with E-state index in [-0.39, 0.29) is 24.2 Å². The zero-order chi connectivity index (χ0) is 26.3. The number of hydrogen-bond donors (Lipinski definition) is 0. The lowest BCUT2D eigenvalue weighted by atomic mass is 10.2. The maximum Gasteiger partial charge on any atom is 0.370 e. The van der Waals surface area contributed by atoms with Gasteiger partial charge in [0.2, 0.25) is 0 Å². The molecule has 8 nitrogen and oxygen atoms in total. The summed E-state index contributed by atoms with van der Waals surface area (Å²) >= 11 is 0. The first-order valence-corrected chi connectivity index (χ1v) is 14.0. The fraction of sp³-hybridized carbons (Fsp3) is 0.724. The Labute approximate surface area is 220 Å². The van der Waals surface area contributed by atoms with Crippen LogP contribution in [-0.4, -0.2) is 36.1 Å². The second-order valence-corrected chi connectivity index (χ2v) is 10.7. The van der Waals surface area contributed by atoms with Crippen LogP contribution in [0, 0.1) is 0 Å². The number of hydrogen-bond acceptors (Lipinski definition) is 8.